The third kappa shape index (κ3) is 2.93. The zero-order valence-corrected chi connectivity index (χ0v) is 11.4. The van der Waals surface area contributed by atoms with Crippen LogP contribution in [0, 0.1) is 5.92 Å². The van der Waals surface area contributed by atoms with E-state index in [9.17, 15) is 4.79 Å². The molecule has 102 valence electrons. The Balaban J connectivity index is 2.19. The van der Waals surface area contributed by atoms with Crippen LogP contribution in [0.2, 0.25) is 0 Å². The van der Waals surface area contributed by atoms with Crippen LogP contribution in [0.3, 0.4) is 0 Å². The normalized spacial score (nSPS) is 12.9. The van der Waals surface area contributed by atoms with Crippen LogP contribution in [0.15, 0.2) is 22.6 Å². The maximum absolute atomic E-state index is 11.9. The van der Waals surface area contributed by atoms with Gasteiger partial charge in [0.1, 0.15) is 5.52 Å². The van der Waals surface area contributed by atoms with Crippen LogP contribution < -0.4 is 11.1 Å². The monoisotopic (exact) mass is 261 g/mol. The molecule has 19 heavy (non-hydrogen) atoms. The van der Waals surface area contributed by atoms with E-state index in [0.29, 0.717) is 11.6 Å². The highest BCUT2D eigenvalue weighted by atomic mass is 16.3. The minimum absolute atomic E-state index is 0.0995. The van der Waals surface area contributed by atoms with Crippen LogP contribution in [-0.4, -0.2) is 16.9 Å². The summed E-state index contributed by atoms with van der Waals surface area (Å²) >= 11 is 0. The lowest BCUT2D eigenvalue weighted by molar-refractivity contribution is -0.118. The van der Waals surface area contributed by atoms with E-state index in [1.165, 1.54) is 0 Å². The van der Waals surface area contributed by atoms with Gasteiger partial charge in [-0.25, -0.2) is 4.98 Å². The van der Waals surface area contributed by atoms with Crippen molar-refractivity contribution in [1.82, 2.24) is 4.98 Å². The van der Waals surface area contributed by atoms with Gasteiger partial charge in [-0.2, -0.15) is 0 Å². The molecular weight excluding hydrogens is 242 g/mol. The highest BCUT2D eigenvalue weighted by molar-refractivity contribution is 5.96. The lowest BCUT2D eigenvalue weighted by Crippen LogP contribution is -2.39. The van der Waals surface area contributed by atoms with E-state index in [-0.39, 0.29) is 11.8 Å². The number of carbonyl (C=O) groups excluding carboxylic acids is 1. The summed E-state index contributed by atoms with van der Waals surface area (Å²) in [6.45, 7) is 5.81. The van der Waals surface area contributed by atoms with Gasteiger partial charge in [-0.05, 0) is 24.1 Å². The number of aromatic nitrogens is 1. The number of oxazole rings is 1. The van der Waals surface area contributed by atoms with Crippen LogP contribution in [0.4, 0.5) is 5.69 Å². The fourth-order valence-corrected chi connectivity index (χ4v) is 1.73. The smallest absolute Gasteiger partial charge is 0.241 e. The number of amides is 1. The Morgan fingerprint density at radius 3 is 2.84 bits per heavy atom. The molecule has 0 aliphatic carbocycles. The second kappa shape index (κ2) is 5.40. The number of rotatable bonds is 4. The number of fused-ring (bicyclic) bond motifs is 1. The molecule has 0 aliphatic rings. The first-order valence-corrected chi connectivity index (χ1v) is 6.47. The molecule has 3 N–H and O–H groups in total. The minimum atomic E-state index is -0.515. The summed E-state index contributed by atoms with van der Waals surface area (Å²) in [5.74, 6) is 0.605. The molecular formula is C14H19N3O2. The van der Waals surface area contributed by atoms with Gasteiger partial charge in [0.05, 0.1) is 6.04 Å². The van der Waals surface area contributed by atoms with Gasteiger partial charge in [0.25, 0.3) is 0 Å². The van der Waals surface area contributed by atoms with Gasteiger partial charge >= 0.3 is 0 Å². The van der Waals surface area contributed by atoms with Crippen molar-refractivity contribution < 1.29 is 9.21 Å². The van der Waals surface area contributed by atoms with Gasteiger partial charge in [0, 0.05) is 12.1 Å². The summed E-state index contributed by atoms with van der Waals surface area (Å²) < 4.78 is 5.51. The topological polar surface area (TPSA) is 81.2 Å². The van der Waals surface area contributed by atoms with Gasteiger partial charge in [0.2, 0.25) is 5.91 Å². The standard InChI is InChI=1S/C14H19N3O2/c1-4-12-17-10-7-9(5-6-11(10)19-12)16-14(18)13(15)8(2)3/h5-8,13H,4,15H2,1-3H3,(H,16,18). The number of aryl methyl sites for hydroxylation is 1. The van der Waals surface area contributed by atoms with Crippen LogP contribution in [0.5, 0.6) is 0 Å². The molecule has 1 atom stereocenters. The Morgan fingerprint density at radius 1 is 1.47 bits per heavy atom. The molecule has 2 rings (SSSR count). The third-order valence-electron chi connectivity index (χ3n) is 3.02. The molecule has 0 aliphatic heterocycles. The Bertz CT molecular complexity index is 589. The molecule has 5 heteroatoms. The predicted molar refractivity (Wildman–Crippen MR) is 74.8 cm³/mol. The number of hydrogen-bond donors (Lipinski definition) is 2. The number of nitrogens with one attached hydrogen (secondary N) is 1. The first-order valence-electron chi connectivity index (χ1n) is 6.47. The van der Waals surface area contributed by atoms with E-state index in [2.05, 4.69) is 10.3 Å². The van der Waals surface area contributed by atoms with Gasteiger partial charge in [-0.1, -0.05) is 20.8 Å². The molecule has 5 nitrogen and oxygen atoms in total. The Labute approximate surface area is 112 Å². The van der Waals surface area contributed by atoms with Crippen LogP contribution in [-0.2, 0) is 11.2 Å². The summed E-state index contributed by atoms with van der Waals surface area (Å²) in [5, 5.41) is 2.80. The molecule has 1 aromatic heterocycles. The summed E-state index contributed by atoms with van der Waals surface area (Å²) in [6, 6.07) is 4.87. The summed E-state index contributed by atoms with van der Waals surface area (Å²) in [4.78, 5) is 16.2. The van der Waals surface area contributed by atoms with Crippen molar-refractivity contribution in [1.29, 1.82) is 0 Å². The molecule has 1 heterocycles. The lowest BCUT2D eigenvalue weighted by atomic mass is 10.0. The maximum Gasteiger partial charge on any atom is 0.241 e. The SMILES string of the molecule is CCc1nc2cc(NC(=O)C(N)C(C)C)ccc2o1. The van der Waals surface area contributed by atoms with Crippen molar-refractivity contribution in [2.45, 2.75) is 33.2 Å². The highest BCUT2D eigenvalue weighted by Gasteiger charge is 2.17. The molecule has 0 saturated heterocycles. The molecule has 1 aromatic carbocycles. The zero-order valence-electron chi connectivity index (χ0n) is 11.4. The minimum Gasteiger partial charge on any atom is -0.441 e. The van der Waals surface area contributed by atoms with E-state index < -0.39 is 6.04 Å². The largest absolute Gasteiger partial charge is 0.441 e. The first-order chi connectivity index (χ1) is 9.01. The van der Waals surface area contributed by atoms with E-state index >= 15 is 0 Å². The van der Waals surface area contributed by atoms with Crippen molar-refractivity contribution >= 4 is 22.7 Å². The number of nitrogens with zero attached hydrogens (tertiary/aromatic N) is 1. The number of nitrogens with two attached hydrogens (primary N) is 1. The maximum atomic E-state index is 11.9. The van der Waals surface area contributed by atoms with E-state index in [4.69, 9.17) is 10.2 Å². The Hall–Kier alpha value is -1.88. The average molecular weight is 261 g/mol. The van der Waals surface area contributed by atoms with E-state index in [1.807, 2.05) is 20.8 Å². The summed E-state index contributed by atoms with van der Waals surface area (Å²) in [6.07, 6.45) is 0.745. The third-order valence-corrected chi connectivity index (χ3v) is 3.02. The van der Waals surface area contributed by atoms with Crippen molar-refractivity contribution in [2.75, 3.05) is 5.32 Å². The van der Waals surface area contributed by atoms with Crippen molar-refractivity contribution in [3.05, 3.63) is 24.1 Å². The number of anilines is 1. The molecule has 0 spiro atoms. The molecule has 2 aromatic rings. The summed E-state index contributed by atoms with van der Waals surface area (Å²) in [7, 11) is 0. The lowest BCUT2D eigenvalue weighted by Gasteiger charge is -2.15. The van der Waals surface area contributed by atoms with Crippen LogP contribution >= 0.6 is 0 Å². The molecule has 0 fully saturated rings. The summed E-state index contributed by atoms with van der Waals surface area (Å²) in [5.41, 5.74) is 7.95. The Kier molecular flexibility index (Phi) is 3.85. The predicted octanol–water partition coefficient (Wildman–Crippen LogP) is 2.31. The number of hydrogen-bond acceptors (Lipinski definition) is 4. The zero-order chi connectivity index (χ0) is 14.0. The molecule has 0 saturated carbocycles. The number of carbonyl (C=O) groups is 1. The van der Waals surface area contributed by atoms with Gasteiger partial charge in [-0.3, -0.25) is 4.79 Å². The molecule has 1 amide bonds. The fourth-order valence-electron chi connectivity index (χ4n) is 1.73. The Morgan fingerprint density at radius 2 is 2.21 bits per heavy atom. The van der Waals surface area contributed by atoms with E-state index in [1.54, 1.807) is 18.2 Å². The van der Waals surface area contributed by atoms with Crippen molar-refractivity contribution in [3.8, 4) is 0 Å². The highest BCUT2D eigenvalue weighted by Crippen LogP contribution is 2.20. The fraction of sp³-hybridized carbons (Fsp3) is 0.429. The van der Waals surface area contributed by atoms with Gasteiger partial charge in [-0.15, -0.1) is 0 Å². The van der Waals surface area contributed by atoms with Crippen molar-refractivity contribution in [2.24, 2.45) is 11.7 Å². The van der Waals surface area contributed by atoms with E-state index in [0.717, 1.165) is 17.5 Å². The second-order valence-electron chi connectivity index (χ2n) is 4.90. The molecule has 0 bridgehead atoms. The quantitative estimate of drug-likeness (QED) is 0.885. The first kappa shape index (κ1) is 13.5. The van der Waals surface area contributed by atoms with Crippen LogP contribution in [0.1, 0.15) is 26.7 Å². The number of benzene rings is 1. The van der Waals surface area contributed by atoms with Crippen molar-refractivity contribution in [3.63, 3.8) is 0 Å². The molecule has 1 unspecified atom stereocenters. The van der Waals surface area contributed by atoms with Gasteiger partial charge < -0.3 is 15.5 Å². The second-order valence-corrected chi connectivity index (χ2v) is 4.90. The molecule has 0 radical (unpaired) electrons. The van der Waals surface area contributed by atoms with Gasteiger partial charge in [0.15, 0.2) is 11.5 Å². The average Bonchev–Trinajstić information content (AvgIpc) is 2.79. The van der Waals surface area contributed by atoms with Crippen LogP contribution in [0.25, 0.3) is 11.1 Å².